The Labute approximate surface area is 113 Å². The van der Waals surface area contributed by atoms with Crippen molar-refractivity contribution in [3.8, 4) is 0 Å². The Balaban J connectivity index is 1.59. The zero-order valence-corrected chi connectivity index (χ0v) is 11.1. The van der Waals surface area contributed by atoms with Crippen LogP contribution in [0.5, 0.6) is 0 Å². The van der Waals surface area contributed by atoms with Gasteiger partial charge in [0, 0.05) is 18.6 Å². The summed E-state index contributed by atoms with van der Waals surface area (Å²) < 4.78 is 5.62. The van der Waals surface area contributed by atoms with Gasteiger partial charge in [-0.3, -0.25) is 4.79 Å². The van der Waals surface area contributed by atoms with Crippen molar-refractivity contribution in [3.63, 3.8) is 0 Å². The lowest BCUT2D eigenvalue weighted by Gasteiger charge is -2.45. The van der Waals surface area contributed by atoms with Gasteiger partial charge in [-0.05, 0) is 24.5 Å². The lowest BCUT2D eigenvalue weighted by atomic mass is 9.72. The number of ether oxygens (including phenoxy) is 1. The van der Waals surface area contributed by atoms with Crippen molar-refractivity contribution in [1.82, 2.24) is 5.32 Å². The number of carbonyl (C=O) groups is 1. The highest BCUT2D eigenvalue weighted by molar-refractivity contribution is 5.79. The van der Waals surface area contributed by atoms with Crippen molar-refractivity contribution in [1.29, 1.82) is 0 Å². The molecule has 0 bridgehead atoms. The number of rotatable bonds is 3. The molecule has 2 aliphatic rings. The highest BCUT2D eigenvalue weighted by Gasteiger charge is 2.52. The smallest absolute Gasteiger partial charge is 0.224 e. The van der Waals surface area contributed by atoms with Crippen LogP contribution in [0.15, 0.2) is 24.3 Å². The van der Waals surface area contributed by atoms with Crippen LogP contribution in [0.1, 0.15) is 17.5 Å². The molecule has 1 saturated heterocycles. The van der Waals surface area contributed by atoms with E-state index < -0.39 is 0 Å². The first-order chi connectivity index (χ1) is 9.16. The van der Waals surface area contributed by atoms with Gasteiger partial charge in [-0.15, -0.1) is 0 Å². The maximum absolute atomic E-state index is 12.1. The zero-order chi connectivity index (χ0) is 13.4. The second-order valence-corrected chi connectivity index (χ2v) is 5.56. The summed E-state index contributed by atoms with van der Waals surface area (Å²) in [6, 6.07) is 7.99. The third kappa shape index (κ3) is 2.26. The highest BCUT2D eigenvalue weighted by atomic mass is 16.5. The molecular weight excluding hydrogens is 240 g/mol. The molecule has 4 nitrogen and oxygen atoms in total. The topological polar surface area (TPSA) is 64.4 Å². The third-order valence-electron chi connectivity index (χ3n) is 4.39. The van der Waals surface area contributed by atoms with Gasteiger partial charge in [0.2, 0.25) is 5.91 Å². The second kappa shape index (κ2) is 4.94. The molecule has 4 atom stereocenters. The summed E-state index contributed by atoms with van der Waals surface area (Å²) in [7, 11) is 0. The van der Waals surface area contributed by atoms with Crippen LogP contribution in [0.3, 0.4) is 0 Å². The van der Waals surface area contributed by atoms with Crippen LogP contribution < -0.4 is 11.1 Å². The largest absolute Gasteiger partial charge is 0.376 e. The first-order valence-corrected chi connectivity index (χ1v) is 6.88. The van der Waals surface area contributed by atoms with Gasteiger partial charge in [0.1, 0.15) is 0 Å². The lowest BCUT2D eigenvalue weighted by Crippen LogP contribution is -2.69. The predicted octanol–water partition coefficient (Wildman–Crippen LogP) is 0.768. The number of hydrogen-bond acceptors (Lipinski definition) is 3. The molecule has 1 aromatic rings. The van der Waals surface area contributed by atoms with Crippen molar-refractivity contribution in [2.45, 2.75) is 38.0 Å². The van der Waals surface area contributed by atoms with E-state index in [9.17, 15) is 4.79 Å². The average Bonchev–Trinajstić information content (AvgIpc) is 2.83. The Morgan fingerprint density at radius 3 is 3.05 bits per heavy atom. The molecule has 4 heteroatoms. The van der Waals surface area contributed by atoms with Gasteiger partial charge in [0.15, 0.2) is 0 Å². The minimum Gasteiger partial charge on any atom is -0.376 e. The minimum atomic E-state index is -0.0102. The van der Waals surface area contributed by atoms with Crippen molar-refractivity contribution in [2.75, 3.05) is 6.61 Å². The minimum absolute atomic E-state index is 0.0102. The fourth-order valence-electron chi connectivity index (χ4n) is 3.15. The van der Waals surface area contributed by atoms with E-state index in [0.29, 0.717) is 12.3 Å². The lowest BCUT2D eigenvalue weighted by molar-refractivity contribution is -0.125. The van der Waals surface area contributed by atoms with Crippen LogP contribution in [0, 0.1) is 12.8 Å². The molecule has 19 heavy (non-hydrogen) atoms. The van der Waals surface area contributed by atoms with Gasteiger partial charge in [-0.2, -0.15) is 0 Å². The Hall–Kier alpha value is -1.39. The monoisotopic (exact) mass is 260 g/mol. The first-order valence-electron chi connectivity index (χ1n) is 6.88. The number of aryl methyl sites for hydroxylation is 1. The number of amides is 1. The van der Waals surface area contributed by atoms with E-state index in [2.05, 4.69) is 5.32 Å². The van der Waals surface area contributed by atoms with Crippen molar-refractivity contribution < 1.29 is 9.53 Å². The van der Waals surface area contributed by atoms with Crippen LogP contribution in [0.2, 0.25) is 0 Å². The van der Waals surface area contributed by atoms with Gasteiger partial charge in [-0.1, -0.05) is 24.3 Å². The number of hydrogen-bond donors (Lipinski definition) is 2. The van der Waals surface area contributed by atoms with E-state index in [4.69, 9.17) is 10.5 Å². The van der Waals surface area contributed by atoms with Crippen LogP contribution in [0.4, 0.5) is 0 Å². The fraction of sp³-hybridized carbons (Fsp3) is 0.533. The molecule has 0 spiro atoms. The third-order valence-corrected chi connectivity index (χ3v) is 4.39. The van der Waals surface area contributed by atoms with Crippen LogP contribution in [-0.4, -0.2) is 30.7 Å². The summed E-state index contributed by atoms with van der Waals surface area (Å²) in [6.45, 7) is 2.79. The zero-order valence-electron chi connectivity index (χ0n) is 11.1. The molecule has 102 valence electrons. The van der Waals surface area contributed by atoms with E-state index in [1.165, 1.54) is 0 Å². The molecule has 1 aliphatic heterocycles. The number of nitrogens with two attached hydrogens (primary N) is 1. The van der Waals surface area contributed by atoms with Crippen LogP contribution in [-0.2, 0) is 16.0 Å². The number of fused-ring (bicyclic) bond motifs is 1. The second-order valence-electron chi connectivity index (χ2n) is 5.56. The predicted molar refractivity (Wildman–Crippen MR) is 72.6 cm³/mol. The molecule has 0 radical (unpaired) electrons. The van der Waals surface area contributed by atoms with E-state index >= 15 is 0 Å². The molecule has 1 saturated carbocycles. The molecule has 1 aromatic carbocycles. The Morgan fingerprint density at radius 1 is 1.47 bits per heavy atom. The molecule has 0 aromatic heterocycles. The van der Waals surface area contributed by atoms with E-state index in [0.717, 1.165) is 24.2 Å². The Bertz CT molecular complexity index is 489. The van der Waals surface area contributed by atoms with Gasteiger partial charge >= 0.3 is 0 Å². The fourth-order valence-corrected chi connectivity index (χ4v) is 3.15. The Kier molecular flexibility index (Phi) is 3.29. The standard InChI is InChI=1S/C15H20N2O2/c1-9-4-2-3-5-10(9)8-12(18)17-14-13(16)11-6-7-19-15(11)14/h2-5,11,13-15H,6-8,16H2,1H3,(H,17,18). The van der Waals surface area contributed by atoms with E-state index in [-0.39, 0.29) is 24.1 Å². The number of benzene rings is 1. The Morgan fingerprint density at radius 2 is 2.26 bits per heavy atom. The van der Waals surface area contributed by atoms with Crippen molar-refractivity contribution in [2.24, 2.45) is 11.7 Å². The molecule has 1 amide bonds. The van der Waals surface area contributed by atoms with Crippen LogP contribution >= 0.6 is 0 Å². The summed E-state index contributed by atoms with van der Waals surface area (Å²) >= 11 is 0. The maximum Gasteiger partial charge on any atom is 0.224 e. The van der Waals surface area contributed by atoms with Gasteiger partial charge in [-0.25, -0.2) is 0 Å². The summed E-state index contributed by atoms with van der Waals surface area (Å²) in [6.07, 6.45) is 1.57. The number of carbonyl (C=O) groups excluding carboxylic acids is 1. The SMILES string of the molecule is Cc1ccccc1CC(=O)NC1C(N)C2CCOC21. The van der Waals surface area contributed by atoms with E-state index in [1.807, 2.05) is 31.2 Å². The maximum atomic E-state index is 12.1. The quantitative estimate of drug-likeness (QED) is 0.843. The van der Waals surface area contributed by atoms with Gasteiger partial charge in [0.25, 0.3) is 0 Å². The molecule has 3 N–H and O–H groups in total. The van der Waals surface area contributed by atoms with Crippen LogP contribution in [0.25, 0.3) is 0 Å². The summed E-state index contributed by atoms with van der Waals surface area (Å²) in [5.41, 5.74) is 8.30. The number of nitrogens with one attached hydrogen (secondary N) is 1. The molecule has 3 rings (SSSR count). The molecule has 2 fully saturated rings. The van der Waals surface area contributed by atoms with Gasteiger partial charge in [0.05, 0.1) is 18.6 Å². The summed E-state index contributed by atoms with van der Waals surface area (Å²) in [5, 5.41) is 3.02. The average molecular weight is 260 g/mol. The van der Waals surface area contributed by atoms with Crippen molar-refractivity contribution >= 4 is 5.91 Å². The summed E-state index contributed by atoms with van der Waals surface area (Å²) in [5.74, 6) is 0.465. The van der Waals surface area contributed by atoms with Gasteiger partial charge < -0.3 is 15.8 Å². The molecular formula is C15H20N2O2. The summed E-state index contributed by atoms with van der Waals surface area (Å²) in [4.78, 5) is 12.1. The normalized spacial score (nSPS) is 32.5. The highest BCUT2D eigenvalue weighted by Crippen LogP contribution is 2.37. The molecule has 1 heterocycles. The van der Waals surface area contributed by atoms with Crippen molar-refractivity contribution in [3.05, 3.63) is 35.4 Å². The first kappa shape index (κ1) is 12.6. The molecule has 4 unspecified atom stereocenters. The molecule has 1 aliphatic carbocycles. The van der Waals surface area contributed by atoms with E-state index in [1.54, 1.807) is 0 Å².